The summed E-state index contributed by atoms with van der Waals surface area (Å²) in [5.74, 6) is 2.05. The fourth-order valence-corrected chi connectivity index (χ4v) is 2.34. The minimum absolute atomic E-state index is 0.645. The second-order valence-electron chi connectivity index (χ2n) is 3.61. The number of nitrogens with one attached hydrogen (secondary N) is 2. The van der Waals surface area contributed by atoms with E-state index in [2.05, 4.69) is 38.1 Å². The van der Waals surface area contributed by atoms with Crippen molar-refractivity contribution in [3.63, 3.8) is 0 Å². The van der Waals surface area contributed by atoms with Gasteiger partial charge in [0.1, 0.15) is 6.33 Å². The minimum atomic E-state index is 0.645. The molecule has 2 aromatic heterocycles. The van der Waals surface area contributed by atoms with Crippen LogP contribution in [-0.2, 0) is 6.42 Å². The number of hydrogen-bond acceptors (Lipinski definition) is 6. The van der Waals surface area contributed by atoms with E-state index in [0.717, 1.165) is 13.0 Å². The van der Waals surface area contributed by atoms with Gasteiger partial charge in [-0.1, -0.05) is 6.07 Å². The van der Waals surface area contributed by atoms with Crippen molar-refractivity contribution in [2.75, 3.05) is 31.3 Å². The van der Waals surface area contributed by atoms with Crippen LogP contribution in [0.15, 0.2) is 23.8 Å². The van der Waals surface area contributed by atoms with Gasteiger partial charge in [0.2, 0.25) is 5.75 Å². The van der Waals surface area contributed by atoms with Crippen molar-refractivity contribution < 1.29 is 4.74 Å². The number of aromatic nitrogens is 2. The molecule has 0 fully saturated rings. The number of rotatable bonds is 6. The molecule has 0 unspecified atom stereocenters. The van der Waals surface area contributed by atoms with E-state index in [-0.39, 0.29) is 0 Å². The summed E-state index contributed by atoms with van der Waals surface area (Å²) in [6, 6.07) is 4.19. The number of methoxy groups -OCH3 is 1. The molecule has 0 aliphatic carbocycles. The zero-order valence-electron chi connectivity index (χ0n) is 10.4. The molecule has 0 spiro atoms. The molecule has 0 aliphatic rings. The van der Waals surface area contributed by atoms with Crippen LogP contribution in [0.25, 0.3) is 0 Å². The molecular formula is C12H16N4OS. The summed E-state index contributed by atoms with van der Waals surface area (Å²) >= 11 is 1.76. The topological polar surface area (TPSA) is 59.1 Å². The van der Waals surface area contributed by atoms with Gasteiger partial charge in [0.05, 0.1) is 7.11 Å². The van der Waals surface area contributed by atoms with E-state index in [0.29, 0.717) is 17.4 Å². The SMILES string of the molecule is CNc1ncnc(NCCc2cccs2)c1OC. The van der Waals surface area contributed by atoms with Gasteiger partial charge in [-0.15, -0.1) is 11.3 Å². The molecule has 18 heavy (non-hydrogen) atoms. The molecule has 0 radical (unpaired) electrons. The molecule has 2 N–H and O–H groups in total. The number of nitrogens with zero attached hydrogens (tertiary/aromatic N) is 2. The fraction of sp³-hybridized carbons (Fsp3) is 0.333. The molecule has 96 valence electrons. The van der Waals surface area contributed by atoms with Gasteiger partial charge in [0.15, 0.2) is 11.6 Å². The Kier molecular flexibility index (Phi) is 4.35. The van der Waals surface area contributed by atoms with Crippen LogP contribution in [0.5, 0.6) is 5.75 Å². The fourth-order valence-electron chi connectivity index (χ4n) is 1.63. The monoisotopic (exact) mass is 264 g/mol. The maximum absolute atomic E-state index is 5.31. The Morgan fingerprint density at radius 2 is 2.17 bits per heavy atom. The number of anilines is 2. The maximum atomic E-state index is 5.31. The van der Waals surface area contributed by atoms with E-state index in [1.807, 2.05) is 0 Å². The highest BCUT2D eigenvalue weighted by atomic mass is 32.1. The highest BCUT2D eigenvalue weighted by Crippen LogP contribution is 2.28. The second-order valence-corrected chi connectivity index (χ2v) is 4.64. The normalized spacial score (nSPS) is 10.1. The van der Waals surface area contributed by atoms with Crippen LogP contribution in [-0.4, -0.2) is 30.7 Å². The molecule has 2 rings (SSSR count). The van der Waals surface area contributed by atoms with Crippen molar-refractivity contribution in [1.82, 2.24) is 9.97 Å². The summed E-state index contributed by atoms with van der Waals surface area (Å²) in [6.45, 7) is 0.817. The Labute approximate surface area is 110 Å². The molecule has 0 saturated heterocycles. The van der Waals surface area contributed by atoms with Gasteiger partial charge in [-0.05, 0) is 17.9 Å². The molecule has 0 bridgehead atoms. The Morgan fingerprint density at radius 1 is 1.33 bits per heavy atom. The van der Waals surface area contributed by atoms with E-state index in [1.165, 1.54) is 11.2 Å². The lowest BCUT2D eigenvalue weighted by Crippen LogP contribution is -2.09. The first kappa shape index (κ1) is 12.6. The van der Waals surface area contributed by atoms with E-state index in [9.17, 15) is 0 Å². The highest BCUT2D eigenvalue weighted by molar-refractivity contribution is 7.09. The third-order valence-corrected chi connectivity index (χ3v) is 3.42. The molecule has 2 aromatic rings. The van der Waals surface area contributed by atoms with Crippen molar-refractivity contribution >= 4 is 23.0 Å². The first-order valence-corrected chi connectivity index (χ1v) is 6.56. The molecule has 0 aliphatic heterocycles. The number of hydrogen-bond donors (Lipinski definition) is 2. The lowest BCUT2D eigenvalue weighted by Gasteiger charge is -2.12. The van der Waals surface area contributed by atoms with Gasteiger partial charge >= 0.3 is 0 Å². The third-order valence-electron chi connectivity index (χ3n) is 2.49. The molecule has 5 nitrogen and oxygen atoms in total. The van der Waals surface area contributed by atoms with Crippen molar-refractivity contribution in [3.05, 3.63) is 28.7 Å². The number of ether oxygens (including phenoxy) is 1. The van der Waals surface area contributed by atoms with Gasteiger partial charge in [-0.25, -0.2) is 9.97 Å². The van der Waals surface area contributed by atoms with Crippen molar-refractivity contribution in [1.29, 1.82) is 0 Å². The summed E-state index contributed by atoms with van der Waals surface area (Å²) in [4.78, 5) is 9.65. The first-order chi connectivity index (χ1) is 8.85. The quantitative estimate of drug-likeness (QED) is 0.838. The van der Waals surface area contributed by atoms with Crippen molar-refractivity contribution in [3.8, 4) is 5.75 Å². The van der Waals surface area contributed by atoms with Crippen LogP contribution >= 0.6 is 11.3 Å². The number of thiophene rings is 1. The van der Waals surface area contributed by atoms with E-state index >= 15 is 0 Å². The third kappa shape index (κ3) is 2.89. The van der Waals surface area contributed by atoms with E-state index in [1.54, 1.807) is 25.5 Å². The van der Waals surface area contributed by atoms with E-state index in [4.69, 9.17) is 4.74 Å². The Bertz CT molecular complexity index is 487. The Hall–Kier alpha value is -1.82. The predicted octanol–water partition coefficient (Wildman–Crippen LogP) is 2.24. The lowest BCUT2D eigenvalue weighted by molar-refractivity contribution is 0.415. The highest BCUT2D eigenvalue weighted by Gasteiger charge is 2.10. The predicted molar refractivity (Wildman–Crippen MR) is 74.6 cm³/mol. The molecule has 0 amide bonds. The molecule has 0 aromatic carbocycles. The zero-order chi connectivity index (χ0) is 12.8. The molecule has 0 saturated carbocycles. The van der Waals surface area contributed by atoms with Crippen LogP contribution < -0.4 is 15.4 Å². The van der Waals surface area contributed by atoms with Crippen LogP contribution in [0.1, 0.15) is 4.88 Å². The zero-order valence-corrected chi connectivity index (χ0v) is 11.3. The summed E-state index contributed by atoms with van der Waals surface area (Å²) in [7, 11) is 3.42. The molecule has 2 heterocycles. The Morgan fingerprint density at radius 3 is 2.83 bits per heavy atom. The standard InChI is InChI=1S/C12H16N4OS/c1-13-11-10(17-2)12(16-8-15-11)14-6-5-9-4-3-7-18-9/h3-4,7-8H,5-6H2,1-2H3,(H2,13,14,15,16). The average molecular weight is 264 g/mol. The van der Waals surface area contributed by atoms with Crippen LogP contribution in [0.2, 0.25) is 0 Å². The minimum Gasteiger partial charge on any atom is -0.490 e. The van der Waals surface area contributed by atoms with Gasteiger partial charge in [0, 0.05) is 18.5 Å². The molecule has 0 atom stereocenters. The molecular weight excluding hydrogens is 248 g/mol. The average Bonchev–Trinajstić information content (AvgIpc) is 2.91. The first-order valence-electron chi connectivity index (χ1n) is 5.68. The van der Waals surface area contributed by atoms with Crippen molar-refractivity contribution in [2.24, 2.45) is 0 Å². The summed E-state index contributed by atoms with van der Waals surface area (Å²) in [5, 5.41) is 8.33. The lowest BCUT2D eigenvalue weighted by atomic mass is 10.3. The van der Waals surface area contributed by atoms with Crippen molar-refractivity contribution in [2.45, 2.75) is 6.42 Å². The molecule has 6 heteroatoms. The van der Waals surface area contributed by atoms with Crippen LogP contribution in [0.3, 0.4) is 0 Å². The van der Waals surface area contributed by atoms with E-state index < -0.39 is 0 Å². The Balaban J connectivity index is 2.00. The van der Waals surface area contributed by atoms with Crippen LogP contribution in [0.4, 0.5) is 11.6 Å². The summed E-state index contributed by atoms with van der Waals surface area (Å²) in [6.07, 6.45) is 2.49. The summed E-state index contributed by atoms with van der Waals surface area (Å²) < 4.78 is 5.31. The smallest absolute Gasteiger partial charge is 0.204 e. The second kappa shape index (κ2) is 6.20. The van der Waals surface area contributed by atoms with Crippen LogP contribution in [0, 0.1) is 0 Å². The van der Waals surface area contributed by atoms with Gasteiger partial charge in [-0.3, -0.25) is 0 Å². The largest absolute Gasteiger partial charge is 0.490 e. The summed E-state index contributed by atoms with van der Waals surface area (Å²) in [5.41, 5.74) is 0. The van der Waals surface area contributed by atoms with Gasteiger partial charge in [-0.2, -0.15) is 0 Å². The maximum Gasteiger partial charge on any atom is 0.204 e. The van der Waals surface area contributed by atoms with Gasteiger partial charge in [0.25, 0.3) is 0 Å². The van der Waals surface area contributed by atoms with Gasteiger partial charge < -0.3 is 15.4 Å².